The monoisotopic (exact) mass is 375 g/mol. The summed E-state index contributed by atoms with van der Waals surface area (Å²) in [4.78, 5) is 11.3. The van der Waals surface area contributed by atoms with Crippen LogP contribution in [-0.2, 0) is 4.79 Å². The van der Waals surface area contributed by atoms with E-state index in [1.54, 1.807) is 6.08 Å². The molecule has 0 aliphatic rings. The van der Waals surface area contributed by atoms with Crippen LogP contribution in [0.25, 0.3) is 0 Å². The number of unbranched alkanes of at least 4 members (excludes halogenated alkanes) is 3. The van der Waals surface area contributed by atoms with Gasteiger partial charge in [-0.2, -0.15) is 0 Å². The summed E-state index contributed by atoms with van der Waals surface area (Å²) in [6.45, 7) is 9.00. The number of nitrogens with two attached hydrogens (primary N) is 1. The van der Waals surface area contributed by atoms with E-state index in [4.69, 9.17) is 5.73 Å². The van der Waals surface area contributed by atoms with Crippen LogP contribution < -0.4 is 5.73 Å². The summed E-state index contributed by atoms with van der Waals surface area (Å²) in [5, 5.41) is 0. The maximum atomic E-state index is 11.3. The van der Waals surface area contributed by atoms with Gasteiger partial charge in [-0.1, -0.05) is 0 Å². The number of hydrogen-bond donors (Lipinski definition) is 1. The molecule has 0 saturated carbocycles. The summed E-state index contributed by atoms with van der Waals surface area (Å²) in [6.07, 6.45) is 9.54. The summed E-state index contributed by atoms with van der Waals surface area (Å²) in [6, 6.07) is 0. The van der Waals surface area contributed by atoms with Crippen LogP contribution in [0.1, 0.15) is 66.2 Å². The SMILES string of the molecule is CCC[CH2][Sn]([CH2]CCC)([CH2]CCC)[C](C)=CC(N)=O. The second-order valence-corrected chi connectivity index (χ2v) is 19.7. The summed E-state index contributed by atoms with van der Waals surface area (Å²) in [5.41, 5.74) is 5.39. The van der Waals surface area contributed by atoms with Crippen molar-refractivity contribution in [2.45, 2.75) is 79.5 Å². The van der Waals surface area contributed by atoms with Crippen molar-refractivity contribution >= 4 is 24.3 Å². The molecule has 2 N–H and O–H groups in total. The van der Waals surface area contributed by atoms with Crippen molar-refractivity contribution in [3.8, 4) is 0 Å². The first-order chi connectivity index (χ1) is 9.02. The van der Waals surface area contributed by atoms with E-state index in [0.29, 0.717) is 0 Å². The van der Waals surface area contributed by atoms with Crippen molar-refractivity contribution in [2.75, 3.05) is 0 Å². The molecule has 2 nitrogen and oxygen atoms in total. The summed E-state index contributed by atoms with van der Waals surface area (Å²) in [5.74, 6) is -0.247. The summed E-state index contributed by atoms with van der Waals surface area (Å²) in [7, 11) is 0. The van der Waals surface area contributed by atoms with Crippen LogP contribution in [0, 0.1) is 0 Å². The van der Waals surface area contributed by atoms with Gasteiger partial charge in [0.25, 0.3) is 0 Å². The Balaban J connectivity index is 5.12. The average Bonchev–Trinajstić information content (AvgIpc) is 2.37. The first-order valence-corrected chi connectivity index (χ1v) is 15.5. The van der Waals surface area contributed by atoms with Gasteiger partial charge in [0, 0.05) is 0 Å². The molecule has 112 valence electrons. The number of primary amides is 1. The Morgan fingerprint density at radius 1 is 0.947 bits per heavy atom. The van der Waals surface area contributed by atoms with Crippen LogP contribution in [-0.4, -0.2) is 24.3 Å². The fraction of sp³-hybridized carbons (Fsp3) is 0.812. The van der Waals surface area contributed by atoms with Gasteiger partial charge < -0.3 is 0 Å². The third-order valence-corrected chi connectivity index (χ3v) is 20.6. The maximum absolute atomic E-state index is 11.3. The number of carbonyl (C=O) groups is 1. The van der Waals surface area contributed by atoms with Gasteiger partial charge in [-0.25, -0.2) is 0 Å². The minimum atomic E-state index is -2.32. The normalized spacial score (nSPS) is 12.7. The van der Waals surface area contributed by atoms with Gasteiger partial charge in [0.15, 0.2) is 0 Å². The van der Waals surface area contributed by atoms with Crippen molar-refractivity contribution in [1.29, 1.82) is 0 Å². The molecule has 0 saturated heterocycles. The molecule has 0 aromatic heterocycles. The molecule has 0 radical (unpaired) electrons. The quantitative estimate of drug-likeness (QED) is 0.410. The van der Waals surface area contributed by atoms with Gasteiger partial charge in [-0.3, -0.25) is 0 Å². The number of allylic oxidation sites excluding steroid dienone is 1. The molecule has 19 heavy (non-hydrogen) atoms. The second kappa shape index (κ2) is 10.8. The van der Waals surface area contributed by atoms with Crippen LogP contribution in [0.2, 0.25) is 13.3 Å². The molecule has 0 rings (SSSR count). The Morgan fingerprint density at radius 2 is 1.32 bits per heavy atom. The molecule has 0 aliphatic heterocycles. The van der Waals surface area contributed by atoms with Gasteiger partial charge in [-0.15, -0.1) is 0 Å². The molecule has 0 fully saturated rings. The van der Waals surface area contributed by atoms with Gasteiger partial charge in [0.2, 0.25) is 0 Å². The van der Waals surface area contributed by atoms with Gasteiger partial charge in [0.1, 0.15) is 0 Å². The molecule has 0 bridgehead atoms. The van der Waals surface area contributed by atoms with Crippen LogP contribution in [0.15, 0.2) is 9.67 Å². The first-order valence-electron chi connectivity index (χ1n) is 8.00. The van der Waals surface area contributed by atoms with Crippen LogP contribution in [0.4, 0.5) is 0 Å². The van der Waals surface area contributed by atoms with E-state index < -0.39 is 18.4 Å². The molecule has 3 heteroatoms. The molecular weight excluding hydrogens is 341 g/mol. The molecular formula is C16H33NOSn. The van der Waals surface area contributed by atoms with E-state index in [0.717, 1.165) is 0 Å². The molecule has 0 unspecified atom stereocenters. The average molecular weight is 374 g/mol. The molecule has 0 heterocycles. The Morgan fingerprint density at radius 3 is 1.58 bits per heavy atom. The van der Waals surface area contributed by atoms with Crippen molar-refractivity contribution < 1.29 is 4.79 Å². The van der Waals surface area contributed by atoms with Crippen molar-refractivity contribution in [3.63, 3.8) is 0 Å². The Labute approximate surface area is 124 Å². The molecule has 0 aromatic rings. The first kappa shape index (κ1) is 19.0. The summed E-state index contributed by atoms with van der Waals surface area (Å²) >= 11 is -2.32. The Kier molecular flexibility index (Phi) is 10.8. The molecule has 0 aromatic carbocycles. The minimum absolute atomic E-state index is 0.247. The number of amides is 1. The Bertz CT molecular complexity index is 265. The van der Waals surface area contributed by atoms with E-state index in [1.807, 2.05) is 0 Å². The predicted molar refractivity (Wildman–Crippen MR) is 87.9 cm³/mol. The topological polar surface area (TPSA) is 43.1 Å². The van der Waals surface area contributed by atoms with E-state index in [1.165, 1.54) is 55.4 Å². The Hall–Kier alpha value is 0.00870. The number of hydrogen-bond acceptors (Lipinski definition) is 1. The fourth-order valence-electron chi connectivity index (χ4n) is 2.88. The van der Waals surface area contributed by atoms with E-state index in [9.17, 15) is 4.79 Å². The fourth-order valence-corrected chi connectivity index (χ4v) is 18.5. The zero-order valence-electron chi connectivity index (χ0n) is 13.4. The van der Waals surface area contributed by atoms with Gasteiger partial charge in [0.05, 0.1) is 0 Å². The van der Waals surface area contributed by atoms with E-state index in [-0.39, 0.29) is 5.91 Å². The van der Waals surface area contributed by atoms with E-state index >= 15 is 0 Å². The van der Waals surface area contributed by atoms with E-state index in [2.05, 4.69) is 27.7 Å². The third-order valence-electron chi connectivity index (χ3n) is 4.22. The number of carbonyl (C=O) groups excluding carboxylic acids is 1. The molecule has 0 spiro atoms. The van der Waals surface area contributed by atoms with Crippen LogP contribution >= 0.6 is 0 Å². The van der Waals surface area contributed by atoms with Crippen LogP contribution in [0.3, 0.4) is 0 Å². The zero-order valence-corrected chi connectivity index (χ0v) is 16.3. The standard InChI is InChI=1S/C4H6NO.3C4H9.Sn/c1-2-3-4(5)6;3*1-3-4-2;/h3H,1H3,(H2,5,6);3*1,3-4H2,2H3;. The van der Waals surface area contributed by atoms with Gasteiger partial charge in [-0.05, 0) is 0 Å². The molecule has 1 amide bonds. The molecule has 0 atom stereocenters. The van der Waals surface area contributed by atoms with Crippen LogP contribution in [0.5, 0.6) is 0 Å². The number of rotatable bonds is 11. The van der Waals surface area contributed by atoms with Gasteiger partial charge >= 0.3 is 124 Å². The summed E-state index contributed by atoms with van der Waals surface area (Å²) < 4.78 is 5.62. The third kappa shape index (κ3) is 7.38. The predicted octanol–water partition coefficient (Wildman–Crippen LogP) is 4.81. The molecule has 0 aliphatic carbocycles. The van der Waals surface area contributed by atoms with Crippen molar-refractivity contribution in [1.82, 2.24) is 0 Å². The second-order valence-electron chi connectivity index (χ2n) is 5.82. The van der Waals surface area contributed by atoms with Crippen molar-refractivity contribution in [3.05, 3.63) is 9.67 Å². The van der Waals surface area contributed by atoms with Crippen molar-refractivity contribution in [2.24, 2.45) is 5.73 Å². The zero-order chi connectivity index (χ0) is 14.7.